The monoisotopic (exact) mass is 220 g/mol. The van der Waals surface area contributed by atoms with E-state index >= 15 is 0 Å². The Kier molecular flexibility index (Phi) is 2.25. The summed E-state index contributed by atoms with van der Waals surface area (Å²) in [4.78, 5) is 11.5. The lowest BCUT2D eigenvalue weighted by molar-refractivity contribution is -0.136. The summed E-state index contributed by atoms with van der Waals surface area (Å²) in [7, 11) is 0. The van der Waals surface area contributed by atoms with Gasteiger partial charge in [0.25, 0.3) is 0 Å². The van der Waals surface area contributed by atoms with Crippen molar-refractivity contribution < 1.29 is 4.79 Å². The van der Waals surface area contributed by atoms with Gasteiger partial charge in [-0.15, -0.1) is 0 Å². The lowest BCUT2D eigenvalue weighted by Gasteiger charge is -2.62. The van der Waals surface area contributed by atoms with E-state index in [0.29, 0.717) is 16.6 Å². The molecule has 4 saturated carbocycles. The van der Waals surface area contributed by atoms with Crippen molar-refractivity contribution in [3.05, 3.63) is 0 Å². The average Bonchev–Trinajstić information content (AvgIpc) is 2.13. The summed E-state index contributed by atoms with van der Waals surface area (Å²) in [6.45, 7) is 4.16. The van der Waals surface area contributed by atoms with Gasteiger partial charge < -0.3 is 4.79 Å². The van der Waals surface area contributed by atoms with Crippen LogP contribution in [0.3, 0.4) is 0 Å². The fourth-order valence-electron chi connectivity index (χ4n) is 5.80. The quantitative estimate of drug-likeness (QED) is 0.703. The second kappa shape index (κ2) is 3.34. The maximum atomic E-state index is 11.5. The van der Waals surface area contributed by atoms with Gasteiger partial charge in [0.15, 0.2) is 0 Å². The topological polar surface area (TPSA) is 17.1 Å². The Morgan fingerprint density at radius 3 is 2.19 bits per heavy atom. The van der Waals surface area contributed by atoms with E-state index in [1.807, 2.05) is 0 Å². The highest BCUT2D eigenvalue weighted by atomic mass is 16.1. The maximum absolute atomic E-state index is 11.5. The minimum absolute atomic E-state index is 0.424. The van der Waals surface area contributed by atoms with Crippen LogP contribution in [0.15, 0.2) is 0 Å². The van der Waals surface area contributed by atoms with Gasteiger partial charge in [0.05, 0.1) is 0 Å². The summed E-state index contributed by atoms with van der Waals surface area (Å²) in [5.74, 6) is 2.34. The van der Waals surface area contributed by atoms with E-state index in [2.05, 4.69) is 6.92 Å². The van der Waals surface area contributed by atoms with Crippen molar-refractivity contribution in [2.75, 3.05) is 0 Å². The molecule has 4 aliphatic rings. The highest BCUT2D eigenvalue weighted by Crippen LogP contribution is 2.67. The molecule has 0 aromatic heterocycles. The molecule has 1 nitrogen and oxygen atoms in total. The van der Waals surface area contributed by atoms with Crippen molar-refractivity contribution in [3.8, 4) is 0 Å². The molecular formula is C15H24O. The van der Waals surface area contributed by atoms with Crippen molar-refractivity contribution in [3.63, 3.8) is 0 Å². The number of hydrogen-bond donors (Lipinski definition) is 0. The second-order valence-electron chi connectivity index (χ2n) is 7.19. The van der Waals surface area contributed by atoms with Crippen LogP contribution < -0.4 is 0 Å². The molecule has 0 spiro atoms. The van der Waals surface area contributed by atoms with Crippen LogP contribution in [0.2, 0.25) is 0 Å². The Labute approximate surface area is 99.0 Å². The molecule has 0 amide bonds. The highest BCUT2D eigenvalue weighted by molar-refractivity contribution is 5.76. The first kappa shape index (κ1) is 10.8. The third-order valence-corrected chi connectivity index (χ3v) is 5.68. The van der Waals surface area contributed by atoms with Gasteiger partial charge in [-0.1, -0.05) is 13.3 Å². The van der Waals surface area contributed by atoms with E-state index in [0.717, 1.165) is 18.3 Å². The first-order valence-corrected chi connectivity index (χ1v) is 7.04. The third-order valence-electron chi connectivity index (χ3n) is 5.68. The fourth-order valence-corrected chi connectivity index (χ4v) is 5.80. The molecule has 1 heteroatoms. The predicted octanol–water partition coefficient (Wildman–Crippen LogP) is 3.96. The van der Waals surface area contributed by atoms with Crippen LogP contribution >= 0.6 is 0 Å². The molecule has 0 heterocycles. The van der Waals surface area contributed by atoms with Gasteiger partial charge in [-0.05, 0) is 68.1 Å². The number of carbonyl (C=O) groups is 1. The van der Waals surface area contributed by atoms with Crippen LogP contribution in [0.1, 0.15) is 65.2 Å². The number of rotatable bonds is 3. The van der Waals surface area contributed by atoms with Crippen LogP contribution in [0, 0.1) is 22.7 Å². The Morgan fingerprint density at radius 2 is 1.69 bits per heavy atom. The standard InChI is InChI=1S/C15H24O/c1-3-14-6-12-4-13(7-14)9-15(8-12,10-14)5-11(2)16/h12-13H,3-10H2,1-2H3. The fraction of sp³-hybridized carbons (Fsp3) is 0.933. The van der Waals surface area contributed by atoms with Crippen molar-refractivity contribution in [2.24, 2.45) is 22.7 Å². The lowest BCUT2D eigenvalue weighted by Crippen LogP contribution is -2.52. The van der Waals surface area contributed by atoms with Gasteiger partial charge in [0.2, 0.25) is 0 Å². The van der Waals surface area contributed by atoms with Crippen molar-refractivity contribution in [2.45, 2.75) is 65.2 Å². The SMILES string of the molecule is CCC12CC3CC(C1)CC(CC(C)=O)(C3)C2. The Hall–Kier alpha value is -0.330. The first-order valence-electron chi connectivity index (χ1n) is 7.04. The molecule has 90 valence electrons. The zero-order chi connectivity index (χ0) is 11.4. The molecular weight excluding hydrogens is 196 g/mol. The predicted molar refractivity (Wildman–Crippen MR) is 65.1 cm³/mol. The lowest BCUT2D eigenvalue weighted by atomic mass is 9.43. The van der Waals surface area contributed by atoms with E-state index in [4.69, 9.17) is 0 Å². The summed E-state index contributed by atoms with van der Waals surface area (Å²) in [6, 6.07) is 0. The number of ketones is 1. The molecule has 0 aromatic carbocycles. The summed E-state index contributed by atoms with van der Waals surface area (Å²) in [5, 5.41) is 0. The van der Waals surface area contributed by atoms with Crippen molar-refractivity contribution >= 4 is 5.78 Å². The van der Waals surface area contributed by atoms with Gasteiger partial charge in [-0.2, -0.15) is 0 Å². The Bertz CT molecular complexity index is 303. The average molecular weight is 220 g/mol. The van der Waals surface area contributed by atoms with Crippen LogP contribution in [-0.4, -0.2) is 5.78 Å². The van der Waals surface area contributed by atoms with Crippen molar-refractivity contribution in [1.82, 2.24) is 0 Å². The van der Waals surface area contributed by atoms with Gasteiger partial charge in [-0.3, -0.25) is 0 Å². The summed E-state index contributed by atoms with van der Waals surface area (Å²) >= 11 is 0. The largest absolute Gasteiger partial charge is 0.300 e. The van der Waals surface area contributed by atoms with Crippen LogP contribution in [0.25, 0.3) is 0 Å². The first-order chi connectivity index (χ1) is 7.55. The molecule has 0 aromatic rings. The smallest absolute Gasteiger partial charge is 0.130 e. The Morgan fingerprint density at radius 1 is 1.12 bits per heavy atom. The summed E-state index contributed by atoms with van der Waals surface area (Å²) in [5.41, 5.74) is 1.07. The minimum atomic E-state index is 0.424. The summed E-state index contributed by atoms with van der Waals surface area (Å²) in [6.07, 6.45) is 10.7. The zero-order valence-electron chi connectivity index (χ0n) is 10.7. The van der Waals surface area contributed by atoms with Crippen LogP contribution in [0.5, 0.6) is 0 Å². The molecule has 4 bridgehead atoms. The molecule has 4 fully saturated rings. The maximum Gasteiger partial charge on any atom is 0.130 e. The normalized spacial score (nSPS) is 49.6. The third kappa shape index (κ3) is 1.55. The highest BCUT2D eigenvalue weighted by Gasteiger charge is 2.56. The molecule has 0 N–H and O–H groups in total. The molecule has 16 heavy (non-hydrogen) atoms. The molecule has 0 saturated heterocycles. The molecule has 2 atom stereocenters. The van der Waals surface area contributed by atoms with Gasteiger partial charge in [0, 0.05) is 6.42 Å². The van der Waals surface area contributed by atoms with E-state index in [1.54, 1.807) is 6.92 Å². The number of Topliss-reactive ketones (excluding diaryl/α,β-unsaturated/α-hetero) is 1. The molecule has 2 unspecified atom stereocenters. The molecule has 0 radical (unpaired) electrons. The van der Waals surface area contributed by atoms with E-state index in [-0.39, 0.29) is 0 Å². The summed E-state index contributed by atoms with van der Waals surface area (Å²) < 4.78 is 0. The van der Waals surface area contributed by atoms with E-state index < -0.39 is 0 Å². The van der Waals surface area contributed by atoms with E-state index in [9.17, 15) is 4.79 Å². The minimum Gasteiger partial charge on any atom is -0.300 e. The van der Waals surface area contributed by atoms with Crippen LogP contribution in [0.4, 0.5) is 0 Å². The van der Waals surface area contributed by atoms with Gasteiger partial charge in [-0.25, -0.2) is 0 Å². The van der Waals surface area contributed by atoms with Gasteiger partial charge >= 0.3 is 0 Å². The molecule has 4 rings (SSSR count). The van der Waals surface area contributed by atoms with Crippen molar-refractivity contribution in [1.29, 1.82) is 0 Å². The zero-order valence-corrected chi connectivity index (χ0v) is 10.7. The van der Waals surface area contributed by atoms with Crippen LogP contribution in [-0.2, 0) is 4.79 Å². The Balaban J connectivity index is 1.89. The van der Waals surface area contributed by atoms with E-state index in [1.165, 1.54) is 44.9 Å². The number of hydrogen-bond acceptors (Lipinski definition) is 1. The number of carbonyl (C=O) groups excluding carboxylic acids is 1. The second-order valence-corrected chi connectivity index (χ2v) is 7.19. The molecule has 4 aliphatic carbocycles. The van der Waals surface area contributed by atoms with Gasteiger partial charge in [0.1, 0.15) is 5.78 Å². The molecule has 0 aliphatic heterocycles.